The number of amides is 2. The average Bonchev–Trinajstić information content (AvgIpc) is 3.44. The number of thiophene rings is 1. The van der Waals surface area contributed by atoms with E-state index in [-0.39, 0.29) is 17.9 Å². The van der Waals surface area contributed by atoms with Gasteiger partial charge in [0.15, 0.2) is 0 Å². The molecule has 4 rings (SSSR count). The molecule has 1 aliphatic heterocycles. The lowest BCUT2D eigenvalue weighted by atomic mass is 10.1. The van der Waals surface area contributed by atoms with Gasteiger partial charge in [-0.25, -0.2) is 0 Å². The smallest absolute Gasteiger partial charge is 0.265 e. The van der Waals surface area contributed by atoms with E-state index in [0.29, 0.717) is 16.1 Å². The Bertz CT molecular complexity index is 1160. The largest absolute Gasteiger partial charge is 0.495 e. The van der Waals surface area contributed by atoms with Crippen molar-refractivity contribution in [3.8, 4) is 5.75 Å². The minimum absolute atomic E-state index is 0.0575. The van der Waals surface area contributed by atoms with Gasteiger partial charge >= 0.3 is 0 Å². The van der Waals surface area contributed by atoms with Gasteiger partial charge in [-0.05, 0) is 55.1 Å². The highest BCUT2D eigenvalue weighted by Crippen LogP contribution is 2.31. The molecule has 0 spiro atoms. The lowest BCUT2D eigenvalue weighted by Crippen LogP contribution is -2.47. The topological polar surface area (TPSA) is 73.9 Å². The fourth-order valence-corrected chi connectivity index (χ4v) is 4.77. The third-order valence-corrected chi connectivity index (χ3v) is 7.15. The summed E-state index contributed by atoms with van der Waals surface area (Å²) in [6, 6.07) is 17.3. The van der Waals surface area contributed by atoms with Crippen LogP contribution in [-0.2, 0) is 0 Å². The molecule has 1 aromatic heterocycles. The average molecular weight is 493 g/mol. The Morgan fingerprint density at radius 1 is 0.971 bits per heavy atom. The van der Waals surface area contributed by atoms with E-state index in [1.807, 2.05) is 55.6 Å². The molecule has 8 heteroatoms. The van der Waals surface area contributed by atoms with E-state index in [1.54, 1.807) is 19.2 Å². The van der Waals surface area contributed by atoms with Crippen LogP contribution in [0.25, 0.3) is 0 Å². The van der Waals surface area contributed by atoms with E-state index >= 15 is 0 Å². The van der Waals surface area contributed by atoms with Gasteiger partial charge < -0.3 is 25.2 Å². The number of para-hydroxylation sites is 2. The van der Waals surface area contributed by atoms with Gasteiger partial charge in [-0.15, -0.1) is 11.3 Å². The Morgan fingerprint density at radius 3 is 2.34 bits per heavy atom. The highest BCUT2D eigenvalue weighted by atomic mass is 32.1. The number of carbonyl (C=O) groups is 2. The maximum absolute atomic E-state index is 13.2. The first-order valence-corrected chi connectivity index (χ1v) is 12.8. The van der Waals surface area contributed by atoms with Crippen LogP contribution in [0.3, 0.4) is 0 Å². The normalized spacial score (nSPS) is 14.4. The van der Waals surface area contributed by atoms with Crippen molar-refractivity contribution in [1.82, 2.24) is 5.32 Å². The Hall–Kier alpha value is -3.52. The molecule has 7 nitrogen and oxygen atoms in total. The van der Waals surface area contributed by atoms with E-state index in [2.05, 4.69) is 26.5 Å². The first-order valence-electron chi connectivity index (χ1n) is 11.9. The molecular weight excluding hydrogens is 460 g/mol. The number of nitrogens with zero attached hydrogens (tertiary/aromatic N) is 2. The number of piperazine rings is 1. The van der Waals surface area contributed by atoms with E-state index in [1.165, 1.54) is 11.3 Å². The van der Waals surface area contributed by atoms with Crippen molar-refractivity contribution in [2.75, 3.05) is 48.4 Å². The molecule has 0 aliphatic carbocycles. The number of ether oxygens (including phenoxy) is 1. The van der Waals surface area contributed by atoms with E-state index in [0.717, 1.165) is 49.7 Å². The molecule has 184 valence electrons. The number of anilines is 3. The second kappa shape index (κ2) is 11.3. The monoisotopic (exact) mass is 492 g/mol. The highest BCUT2D eigenvalue weighted by molar-refractivity contribution is 7.12. The zero-order valence-electron chi connectivity index (χ0n) is 20.4. The molecule has 35 heavy (non-hydrogen) atoms. The van der Waals surface area contributed by atoms with Crippen molar-refractivity contribution in [3.05, 3.63) is 70.4 Å². The number of benzene rings is 2. The van der Waals surface area contributed by atoms with Crippen LogP contribution in [0.15, 0.2) is 60.0 Å². The molecule has 1 unspecified atom stereocenters. The second-order valence-corrected chi connectivity index (χ2v) is 9.54. The van der Waals surface area contributed by atoms with Crippen LogP contribution in [0.4, 0.5) is 17.1 Å². The van der Waals surface area contributed by atoms with Crippen LogP contribution >= 0.6 is 11.3 Å². The van der Waals surface area contributed by atoms with Crippen molar-refractivity contribution >= 4 is 40.2 Å². The fourth-order valence-electron chi connectivity index (χ4n) is 4.15. The molecule has 2 heterocycles. The summed E-state index contributed by atoms with van der Waals surface area (Å²) in [5.41, 5.74) is 3.13. The van der Waals surface area contributed by atoms with Crippen LogP contribution in [0, 0.1) is 0 Å². The summed E-state index contributed by atoms with van der Waals surface area (Å²) in [5.74, 6) is 0.556. The first-order chi connectivity index (χ1) is 17.0. The minimum atomic E-state index is -0.175. The zero-order chi connectivity index (χ0) is 24.8. The summed E-state index contributed by atoms with van der Waals surface area (Å²) < 4.78 is 5.54. The van der Waals surface area contributed by atoms with Gasteiger partial charge in [-0.2, -0.15) is 0 Å². The molecule has 1 aliphatic rings. The van der Waals surface area contributed by atoms with Crippen LogP contribution in [0.1, 0.15) is 40.3 Å². The molecule has 1 fully saturated rings. The molecule has 0 radical (unpaired) electrons. The fraction of sp³-hybridized carbons (Fsp3) is 0.333. The van der Waals surface area contributed by atoms with Crippen LogP contribution in [0.2, 0.25) is 0 Å². The van der Waals surface area contributed by atoms with E-state index in [4.69, 9.17) is 4.74 Å². The lowest BCUT2D eigenvalue weighted by Gasteiger charge is -2.38. The number of carbonyl (C=O) groups excluding carboxylic acids is 2. The third kappa shape index (κ3) is 5.77. The van der Waals surface area contributed by atoms with Crippen LogP contribution in [-0.4, -0.2) is 51.1 Å². The lowest BCUT2D eigenvalue weighted by molar-refractivity contribution is 0.0938. The predicted octanol–water partition coefficient (Wildman–Crippen LogP) is 4.86. The minimum Gasteiger partial charge on any atom is -0.495 e. The van der Waals surface area contributed by atoms with Gasteiger partial charge in [0.2, 0.25) is 0 Å². The molecule has 2 N–H and O–H groups in total. The number of hydrogen-bond acceptors (Lipinski definition) is 6. The van der Waals surface area contributed by atoms with Crippen molar-refractivity contribution in [3.63, 3.8) is 0 Å². The number of rotatable bonds is 8. The summed E-state index contributed by atoms with van der Waals surface area (Å²) in [7, 11) is 1.69. The molecule has 1 atom stereocenters. The Labute approximate surface area is 210 Å². The van der Waals surface area contributed by atoms with Crippen molar-refractivity contribution in [2.24, 2.45) is 0 Å². The maximum Gasteiger partial charge on any atom is 0.265 e. The van der Waals surface area contributed by atoms with Crippen molar-refractivity contribution < 1.29 is 14.3 Å². The van der Waals surface area contributed by atoms with Crippen LogP contribution in [0.5, 0.6) is 5.75 Å². The summed E-state index contributed by atoms with van der Waals surface area (Å²) in [6.45, 7) is 7.19. The van der Waals surface area contributed by atoms with E-state index in [9.17, 15) is 9.59 Å². The number of hydrogen-bond donors (Lipinski definition) is 2. The first kappa shape index (κ1) is 24.6. The Kier molecular flexibility index (Phi) is 7.92. The molecule has 0 bridgehead atoms. The van der Waals surface area contributed by atoms with Crippen molar-refractivity contribution in [1.29, 1.82) is 0 Å². The standard InChI is InChI=1S/C27H32N4O3S/c1-4-19(2)28-26(32)21-18-20(29-27(33)25-10-7-17-35-25)11-12-22(21)30-13-15-31(16-14-30)23-8-5-6-9-24(23)34-3/h5-12,17-19H,4,13-16H2,1-3H3,(H,28,32)(H,29,33). The molecule has 2 amide bonds. The van der Waals surface area contributed by atoms with Crippen LogP contribution < -0.4 is 25.2 Å². The van der Waals surface area contributed by atoms with Crippen molar-refractivity contribution in [2.45, 2.75) is 26.3 Å². The quantitative estimate of drug-likeness (QED) is 0.470. The van der Waals surface area contributed by atoms with Gasteiger partial charge in [-0.1, -0.05) is 25.1 Å². The second-order valence-electron chi connectivity index (χ2n) is 8.59. The summed E-state index contributed by atoms with van der Waals surface area (Å²) >= 11 is 1.39. The molecule has 3 aromatic rings. The molecule has 2 aromatic carbocycles. The Morgan fingerprint density at radius 2 is 1.69 bits per heavy atom. The molecular formula is C27H32N4O3S. The number of methoxy groups -OCH3 is 1. The van der Waals surface area contributed by atoms with Gasteiger partial charge in [0.05, 0.1) is 23.2 Å². The Balaban J connectivity index is 1.55. The van der Waals surface area contributed by atoms with Gasteiger partial charge in [0.1, 0.15) is 5.75 Å². The van der Waals surface area contributed by atoms with Gasteiger partial charge in [0, 0.05) is 43.6 Å². The highest BCUT2D eigenvalue weighted by Gasteiger charge is 2.24. The van der Waals surface area contributed by atoms with E-state index < -0.39 is 0 Å². The summed E-state index contributed by atoms with van der Waals surface area (Å²) in [4.78, 5) is 31.0. The molecule has 0 saturated carbocycles. The maximum atomic E-state index is 13.2. The molecule has 1 saturated heterocycles. The SMILES string of the molecule is CCC(C)NC(=O)c1cc(NC(=O)c2cccs2)ccc1N1CCN(c2ccccc2OC)CC1. The third-order valence-electron chi connectivity index (χ3n) is 6.28. The summed E-state index contributed by atoms with van der Waals surface area (Å²) in [6.07, 6.45) is 0.841. The zero-order valence-corrected chi connectivity index (χ0v) is 21.2. The predicted molar refractivity (Wildman–Crippen MR) is 143 cm³/mol. The summed E-state index contributed by atoms with van der Waals surface area (Å²) in [5, 5.41) is 7.88. The number of nitrogens with one attached hydrogen (secondary N) is 2. The van der Waals surface area contributed by atoms with Gasteiger partial charge in [0.25, 0.3) is 11.8 Å². The van der Waals surface area contributed by atoms with Gasteiger partial charge in [-0.3, -0.25) is 9.59 Å².